The van der Waals surface area contributed by atoms with Gasteiger partial charge in [-0.2, -0.15) is 5.26 Å². The maximum atomic E-state index is 8.73. The van der Waals surface area contributed by atoms with E-state index in [4.69, 9.17) is 16.9 Å². The van der Waals surface area contributed by atoms with Crippen LogP contribution in [0.15, 0.2) is 18.2 Å². The summed E-state index contributed by atoms with van der Waals surface area (Å²) in [7, 11) is 1.97. The SMILES string of the molecule is Cc1ccc(N(C)CC(C)C#N)cc1Cl. The first-order valence-corrected chi connectivity index (χ1v) is 5.29. The molecule has 1 aromatic rings. The maximum Gasteiger partial charge on any atom is 0.0671 e. The van der Waals surface area contributed by atoms with E-state index < -0.39 is 0 Å². The van der Waals surface area contributed by atoms with Gasteiger partial charge in [-0.15, -0.1) is 0 Å². The lowest BCUT2D eigenvalue weighted by Gasteiger charge is -2.20. The summed E-state index contributed by atoms with van der Waals surface area (Å²) in [6, 6.07) is 8.16. The Bertz CT molecular complexity index is 382. The van der Waals surface area contributed by atoms with Gasteiger partial charge < -0.3 is 4.90 Å². The second-order valence-corrected chi connectivity index (χ2v) is 4.25. The molecule has 1 aromatic carbocycles. The monoisotopic (exact) mass is 222 g/mol. The van der Waals surface area contributed by atoms with Crippen LogP contribution < -0.4 is 4.90 Å². The van der Waals surface area contributed by atoms with Crippen molar-refractivity contribution in [2.75, 3.05) is 18.5 Å². The first-order chi connectivity index (χ1) is 7.04. The van der Waals surface area contributed by atoms with Gasteiger partial charge >= 0.3 is 0 Å². The van der Waals surface area contributed by atoms with E-state index in [1.165, 1.54) is 0 Å². The van der Waals surface area contributed by atoms with Gasteiger partial charge in [0.1, 0.15) is 0 Å². The molecule has 1 unspecified atom stereocenters. The van der Waals surface area contributed by atoms with Gasteiger partial charge in [0.15, 0.2) is 0 Å². The fourth-order valence-corrected chi connectivity index (χ4v) is 1.55. The fraction of sp³-hybridized carbons (Fsp3) is 0.417. The summed E-state index contributed by atoms with van der Waals surface area (Å²) >= 11 is 6.04. The molecule has 2 nitrogen and oxygen atoms in total. The fourth-order valence-electron chi connectivity index (χ4n) is 1.38. The number of nitrogens with zero attached hydrogens (tertiary/aromatic N) is 2. The molecule has 0 fully saturated rings. The molecule has 80 valence electrons. The third-order valence-corrected chi connectivity index (χ3v) is 2.77. The normalized spacial score (nSPS) is 11.9. The molecule has 0 bridgehead atoms. The minimum Gasteiger partial charge on any atom is -0.373 e. The van der Waals surface area contributed by atoms with Crippen molar-refractivity contribution in [2.45, 2.75) is 13.8 Å². The van der Waals surface area contributed by atoms with Gasteiger partial charge in [-0.1, -0.05) is 17.7 Å². The predicted molar refractivity (Wildman–Crippen MR) is 64.2 cm³/mol. The van der Waals surface area contributed by atoms with Gasteiger partial charge in [0.05, 0.1) is 12.0 Å². The lowest BCUT2D eigenvalue weighted by Crippen LogP contribution is -2.23. The largest absolute Gasteiger partial charge is 0.373 e. The van der Waals surface area contributed by atoms with E-state index in [2.05, 4.69) is 6.07 Å². The van der Waals surface area contributed by atoms with Crippen LogP contribution in [0.5, 0.6) is 0 Å². The molecule has 0 aromatic heterocycles. The molecule has 0 saturated heterocycles. The number of hydrogen-bond acceptors (Lipinski definition) is 2. The minimum absolute atomic E-state index is 0.0232. The highest BCUT2D eigenvalue weighted by molar-refractivity contribution is 6.31. The van der Waals surface area contributed by atoms with Gasteiger partial charge in [-0.05, 0) is 31.5 Å². The van der Waals surface area contributed by atoms with Crippen molar-refractivity contribution in [1.29, 1.82) is 5.26 Å². The molecule has 3 heteroatoms. The van der Waals surface area contributed by atoms with Crippen molar-refractivity contribution >= 4 is 17.3 Å². The average Bonchev–Trinajstić information content (AvgIpc) is 2.21. The third kappa shape index (κ3) is 3.14. The summed E-state index contributed by atoms with van der Waals surface area (Å²) in [4.78, 5) is 2.04. The standard InChI is InChI=1S/C12H15ClN2/c1-9(7-14)8-15(3)11-5-4-10(2)12(13)6-11/h4-6,9H,8H2,1-3H3. The Hall–Kier alpha value is -1.20. The summed E-state index contributed by atoms with van der Waals surface area (Å²) in [5.74, 6) is 0.0232. The number of nitriles is 1. The Balaban J connectivity index is 2.79. The second-order valence-electron chi connectivity index (χ2n) is 3.84. The minimum atomic E-state index is 0.0232. The third-order valence-electron chi connectivity index (χ3n) is 2.36. The molecule has 0 saturated carbocycles. The van der Waals surface area contributed by atoms with Crippen LogP contribution in [0.3, 0.4) is 0 Å². The molecular weight excluding hydrogens is 208 g/mol. The van der Waals surface area contributed by atoms with E-state index in [1.807, 2.05) is 44.0 Å². The molecule has 1 atom stereocenters. The summed E-state index contributed by atoms with van der Waals surface area (Å²) in [6.07, 6.45) is 0. The Kier molecular flexibility index (Phi) is 3.99. The number of benzene rings is 1. The lowest BCUT2D eigenvalue weighted by atomic mass is 10.1. The van der Waals surface area contributed by atoms with Gasteiger partial charge in [-0.25, -0.2) is 0 Å². The van der Waals surface area contributed by atoms with Crippen molar-refractivity contribution in [1.82, 2.24) is 0 Å². The van der Waals surface area contributed by atoms with Gasteiger partial charge in [0, 0.05) is 24.3 Å². The van der Waals surface area contributed by atoms with E-state index >= 15 is 0 Å². The topological polar surface area (TPSA) is 27.0 Å². The van der Waals surface area contributed by atoms with E-state index in [1.54, 1.807) is 0 Å². The van der Waals surface area contributed by atoms with Gasteiger partial charge in [0.25, 0.3) is 0 Å². The molecule has 0 radical (unpaired) electrons. The zero-order chi connectivity index (χ0) is 11.4. The zero-order valence-electron chi connectivity index (χ0n) is 9.29. The quantitative estimate of drug-likeness (QED) is 0.785. The molecule has 1 rings (SSSR count). The van der Waals surface area contributed by atoms with Crippen LogP contribution in [0.4, 0.5) is 5.69 Å². The van der Waals surface area contributed by atoms with Crippen LogP contribution in [0.25, 0.3) is 0 Å². The Morgan fingerprint density at radius 1 is 1.53 bits per heavy atom. The average molecular weight is 223 g/mol. The molecule has 0 amide bonds. The van der Waals surface area contributed by atoms with Crippen molar-refractivity contribution in [3.63, 3.8) is 0 Å². The van der Waals surface area contributed by atoms with Crippen molar-refractivity contribution in [2.24, 2.45) is 5.92 Å². The maximum absolute atomic E-state index is 8.73. The first kappa shape index (κ1) is 11.9. The molecule has 0 heterocycles. The van der Waals surface area contributed by atoms with Crippen LogP contribution >= 0.6 is 11.6 Å². The van der Waals surface area contributed by atoms with Crippen molar-refractivity contribution in [3.05, 3.63) is 28.8 Å². The van der Waals surface area contributed by atoms with Crippen molar-refractivity contribution < 1.29 is 0 Å². The molecule has 15 heavy (non-hydrogen) atoms. The van der Waals surface area contributed by atoms with Crippen LogP contribution in [0.1, 0.15) is 12.5 Å². The number of anilines is 1. The molecule has 0 aliphatic carbocycles. The molecule has 0 spiro atoms. The smallest absolute Gasteiger partial charge is 0.0671 e. The van der Waals surface area contributed by atoms with Gasteiger partial charge in [-0.3, -0.25) is 0 Å². The Labute approximate surface area is 96.1 Å². The number of rotatable bonds is 3. The number of hydrogen-bond donors (Lipinski definition) is 0. The van der Waals surface area contributed by atoms with E-state index in [0.717, 1.165) is 22.8 Å². The number of halogens is 1. The summed E-state index contributed by atoms with van der Waals surface area (Å²) < 4.78 is 0. The summed E-state index contributed by atoms with van der Waals surface area (Å²) in [5, 5.41) is 9.49. The Morgan fingerprint density at radius 2 is 2.20 bits per heavy atom. The van der Waals surface area contributed by atoms with Gasteiger partial charge in [0.2, 0.25) is 0 Å². The van der Waals surface area contributed by atoms with Crippen molar-refractivity contribution in [3.8, 4) is 6.07 Å². The summed E-state index contributed by atoms with van der Waals surface area (Å²) in [5.41, 5.74) is 2.12. The zero-order valence-corrected chi connectivity index (χ0v) is 10.0. The highest BCUT2D eigenvalue weighted by atomic mass is 35.5. The molecule has 0 aliphatic rings. The van der Waals surface area contributed by atoms with Crippen LogP contribution in [-0.2, 0) is 0 Å². The second kappa shape index (κ2) is 5.04. The molecule has 0 aliphatic heterocycles. The van der Waals surface area contributed by atoms with E-state index in [0.29, 0.717) is 0 Å². The lowest BCUT2D eigenvalue weighted by molar-refractivity contribution is 0.716. The van der Waals surface area contributed by atoms with Crippen LogP contribution in [-0.4, -0.2) is 13.6 Å². The summed E-state index contributed by atoms with van der Waals surface area (Å²) in [6.45, 7) is 4.60. The van der Waals surface area contributed by atoms with Crippen LogP contribution in [0.2, 0.25) is 5.02 Å². The molecule has 0 N–H and O–H groups in total. The van der Waals surface area contributed by atoms with E-state index in [-0.39, 0.29) is 5.92 Å². The Morgan fingerprint density at radius 3 is 2.73 bits per heavy atom. The molecular formula is C12H15ClN2. The highest BCUT2D eigenvalue weighted by Crippen LogP contribution is 2.22. The highest BCUT2D eigenvalue weighted by Gasteiger charge is 2.07. The van der Waals surface area contributed by atoms with Crippen LogP contribution in [0, 0.1) is 24.2 Å². The first-order valence-electron chi connectivity index (χ1n) is 4.91. The van der Waals surface area contributed by atoms with E-state index in [9.17, 15) is 0 Å². The predicted octanol–water partition coefficient (Wildman–Crippen LogP) is 3.24. The number of aryl methyl sites for hydroxylation is 1.